The predicted octanol–water partition coefficient (Wildman–Crippen LogP) is 2.74. The Morgan fingerprint density at radius 2 is 2.06 bits per heavy atom. The molecule has 96 valence electrons. The molecule has 2 heteroatoms. The van der Waals surface area contributed by atoms with Crippen molar-refractivity contribution in [3.63, 3.8) is 0 Å². The van der Waals surface area contributed by atoms with Crippen LogP contribution in [0, 0.1) is 11.8 Å². The molecule has 0 aliphatic carbocycles. The van der Waals surface area contributed by atoms with E-state index in [0.29, 0.717) is 6.04 Å². The van der Waals surface area contributed by atoms with Gasteiger partial charge in [-0.2, -0.15) is 0 Å². The normalized spacial score (nSPS) is 24.9. The Bertz CT molecular complexity index is 180. The van der Waals surface area contributed by atoms with Crippen LogP contribution in [0.4, 0.5) is 0 Å². The van der Waals surface area contributed by atoms with E-state index in [9.17, 15) is 0 Å². The third-order valence-corrected chi connectivity index (χ3v) is 3.80. The summed E-state index contributed by atoms with van der Waals surface area (Å²) in [6.07, 6.45) is 4.15. The predicted molar refractivity (Wildman–Crippen MR) is 71.8 cm³/mol. The summed E-state index contributed by atoms with van der Waals surface area (Å²) in [5, 5.41) is 3.57. The summed E-state index contributed by atoms with van der Waals surface area (Å²) in [5.41, 5.74) is 0. The van der Waals surface area contributed by atoms with Gasteiger partial charge in [-0.1, -0.05) is 20.8 Å². The van der Waals surface area contributed by atoms with E-state index in [1.54, 1.807) is 0 Å². The Labute approximate surface area is 102 Å². The Balaban J connectivity index is 2.29. The maximum absolute atomic E-state index is 3.57. The van der Waals surface area contributed by atoms with E-state index in [4.69, 9.17) is 0 Å². The van der Waals surface area contributed by atoms with Crippen molar-refractivity contribution < 1.29 is 0 Å². The van der Waals surface area contributed by atoms with Gasteiger partial charge < -0.3 is 10.2 Å². The standard InChI is InChI=1S/C14H30N2/c1-5-15-13(4)14-7-6-9-16(11-14)10-8-12(2)3/h12-15H,5-11H2,1-4H3. The molecule has 1 N–H and O–H groups in total. The Hall–Kier alpha value is -0.0800. The first-order valence-corrected chi connectivity index (χ1v) is 7.09. The van der Waals surface area contributed by atoms with Crippen LogP contribution in [0.1, 0.15) is 47.0 Å². The van der Waals surface area contributed by atoms with E-state index in [-0.39, 0.29) is 0 Å². The van der Waals surface area contributed by atoms with Gasteiger partial charge in [-0.15, -0.1) is 0 Å². The van der Waals surface area contributed by atoms with Crippen LogP contribution in [0.25, 0.3) is 0 Å². The summed E-state index contributed by atoms with van der Waals surface area (Å²) in [5.74, 6) is 1.70. The molecule has 1 rings (SSSR count). The van der Waals surface area contributed by atoms with Gasteiger partial charge in [-0.25, -0.2) is 0 Å². The molecule has 0 spiro atoms. The molecule has 1 heterocycles. The Morgan fingerprint density at radius 1 is 1.31 bits per heavy atom. The quantitative estimate of drug-likeness (QED) is 0.749. The zero-order valence-corrected chi connectivity index (χ0v) is 11.6. The molecular weight excluding hydrogens is 196 g/mol. The van der Waals surface area contributed by atoms with Crippen LogP contribution in [0.5, 0.6) is 0 Å². The van der Waals surface area contributed by atoms with Gasteiger partial charge in [-0.05, 0) is 57.7 Å². The second-order valence-corrected chi connectivity index (χ2v) is 5.73. The molecule has 0 bridgehead atoms. The van der Waals surface area contributed by atoms with Crippen molar-refractivity contribution in [2.24, 2.45) is 11.8 Å². The number of nitrogens with one attached hydrogen (secondary N) is 1. The molecule has 1 aliphatic heterocycles. The zero-order valence-electron chi connectivity index (χ0n) is 11.6. The van der Waals surface area contributed by atoms with E-state index in [0.717, 1.165) is 18.4 Å². The SMILES string of the molecule is CCNC(C)C1CCCN(CCC(C)C)C1. The van der Waals surface area contributed by atoms with Gasteiger partial charge in [0.1, 0.15) is 0 Å². The Morgan fingerprint density at radius 3 is 2.69 bits per heavy atom. The summed E-state index contributed by atoms with van der Waals surface area (Å²) < 4.78 is 0. The van der Waals surface area contributed by atoms with Gasteiger partial charge in [0.15, 0.2) is 0 Å². The third kappa shape index (κ3) is 4.84. The van der Waals surface area contributed by atoms with Crippen molar-refractivity contribution in [1.82, 2.24) is 10.2 Å². The minimum Gasteiger partial charge on any atom is -0.314 e. The Kier molecular flexibility index (Phi) is 6.37. The van der Waals surface area contributed by atoms with Crippen molar-refractivity contribution >= 4 is 0 Å². The molecule has 0 aromatic heterocycles. The van der Waals surface area contributed by atoms with Gasteiger partial charge in [0.2, 0.25) is 0 Å². The van der Waals surface area contributed by atoms with Crippen molar-refractivity contribution in [3.8, 4) is 0 Å². The summed E-state index contributed by atoms with van der Waals surface area (Å²) in [7, 11) is 0. The highest BCUT2D eigenvalue weighted by Crippen LogP contribution is 2.20. The highest BCUT2D eigenvalue weighted by Gasteiger charge is 2.23. The monoisotopic (exact) mass is 226 g/mol. The molecule has 0 radical (unpaired) electrons. The van der Waals surface area contributed by atoms with E-state index in [1.807, 2.05) is 0 Å². The van der Waals surface area contributed by atoms with Crippen LogP contribution in [0.3, 0.4) is 0 Å². The van der Waals surface area contributed by atoms with E-state index >= 15 is 0 Å². The first-order chi connectivity index (χ1) is 7.63. The lowest BCUT2D eigenvalue weighted by Crippen LogP contribution is -2.44. The van der Waals surface area contributed by atoms with Crippen LogP contribution in [0.15, 0.2) is 0 Å². The maximum Gasteiger partial charge on any atom is 0.00791 e. The second kappa shape index (κ2) is 7.29. The van der Waals surface area contributed by atoms with Gasteiger partial charge in [-0.3, -0.25) is 0 Å². The molecule has 1 aliphatic rings. The molecule has 0 amide bonds. The summed E-state index contributed by atoms with van der Waals surface area (Å²) in [4.78, 5) is 2.67. The molecule has 1 fully saturated rings. The zero-order chi connectivity index (χ0) is 12.0. The minimum absolute atomic E-state index is 0.687. The fraction of sp³-hybridized carbons (Fsp3) is 1.00. The second-order valence-electron chi connectivity index (χ2n) is 5.73. The molecule has 16 heavy (non-hydrogen) atoms. The van der Waals surface area contributed by atoms with Crippen LogP contribution < -0.4 is 5.32 Å². The van der Waals surface area contributed by atoms with Gasteiger partial charge in [0, 0.05) is 12.6 Å². The van der Waals surface area contributed by atoms with Crippen LogP contribution in [0.2, 0.25) is 0 Å². The molecule has 2 atom stereocenters. The van der Waals surface area contributed by atoms with Crippen molar-refractivity contribution in [1.29, 1.82) is 0 Å². The number of hydrogen-bond acceptors (Lipinski definition) is 2. The first-order valence-electron chi connectivity index (χ1n) is 7.09. The van der Waals surface area contributed by atoms with Crippen molar-refractivity contribution in [2.75, 3.05) is 26.2 Å². The van der Waals surface area contributed by atoms with Crippen molar-refractivity contribution in [3.05, 3.63) is 0 Å². The number of nitrogens with zero attached hydrogens (tertiary/aromatic N) is 1. The van der Waals surface area contributed by atoms with Crippen molar-refractivity contribution in [2.45, 2.75) is 53.0 Å². The molecule has 0 aromatic rings. The molecule has 2 nitrogen and oxygen atoms in total. The third-order valence-electron chi connectivity index (χ3n) is 3.80. The molecule has 1 saturated heterocycles. The largest absolute Gasteiger partial charge is 0.314 e. The first kappa shape index (κ1) is 14.0. The lowest BCUT2D eigenvalue weighted by Gasteiger charge is -2.36. The summed E-state index contributed by atoms with van der Waals surface area (Å²) in [6.45, 7) is 14.2. The molecule has 0 aromatic carbocycles. The number of likely N-dealkylation sites (tertiary alicyclic amines) is 1. The van der Waals surface area contributed by atoms with Gasteiger partial charge in [0.25, 0.3) is 0 Å². The number of hydrogen-bond donors (Lipinski definition) is 1. The summed E-state index contributed by atoms with van der Waals surface area (Å²) >= 11 is 0. The average Bonchev–Trinajstić information content (AvgIpc) is 2.27. The number of piperidine rings is 1. The van der Waals surface area contributed by atoms with E-state index in [1.165, 1.54) is 38.9 Å². The lowest BCUT2D eigenvalue weighted by molar-refractivity contribution is 0.146. The minimum atomic E-state index is 0.687. The number of rotatable bonds is 6. The fourth-order valence-electron chi connectivity index (χ4n) is 2.63. The molecule has 2 unspecified atom stereocenters. The fourth-order valence-corrected chi connectivity index (χ4v) is 2.63. The highest BCUT2D eigenvalue weighted by atomic mass is 15.1. The summed E-state index contributed by atoms with van der Waals surface area (Å²) in [6, 6.07) is 0.687. The smallest absolute Gasteiger partial charge is 0.00791 e. The van der Waals surface area contributed by atoms with Crippen LogP contribution in [-0.2, 0) is 0 Å². The van der Waals surface area contributed by atoms with Gasteiger partial charge >= 0.3 is 0 Å². The molecular formula is C14H30N2. The highest BCUT2D eigenvalue weighted by molar-refractivity contribution is 4.80. The van der Waals surface area contributed by atoms with E-state index in [2.05, 4.69) is 37.9 Å². The average molecular weight is 226 g/mol. The topological polar surface area (TPSA) is 15.3 Å². The van der Waals surface area contributed by atoms with Crippen LogP contribution >= 0.6 is 0 Å². The molecule has 0 saturated carbocycles. The van der Waals surface area contributed by atoms with Crippen LogP contribution in [-0.4, -0.2) is 37.1 Å². The van der Waals surface area contributed by atoms with Gasteiger partial charge in [0.05, 0.1) is 0 Å². The maximum atomic E-state index is 3.57. The lowest BCUT2D eigenvalue weighted by atomic mass is 9.91. The van der Waals surface area contributed by atoms with E-state index < -0.39 is 0 Å².